The molecule has 5 nitrogen and oxygen atoms in total. The fraction of sp³-hybridized carbons (Fsp3) is 0.286. The largest absolute Gasteiger partial charge is 0.274 e. The van der Waals surface area contributed by atoms with Gasteiger partial charge in [0.25, 0.3) is 11.3 Å². The molecule has 0 spiro atoms. The normalized spacial score (nSPS) is 10.9. The molecule has 6 heteroatoms. The average molecular weight is 243 g/mol. The van der Waals surface area contributed by atoms with Crippen LogP contribution in [0.15, 0.2) is 10.9 Å². The first-order valence-electron chi connectivity index (χ1n) is 3.72. The zero-order valence-electron chi connectivity index (χ0n) is 6.91. The van der Waals surface area contributed by atoms with Gasteiger partial charge in [-0.3, -0.25) is 9.89 Å². The van der Waals surface area contributed by atoms with Crippen LogP contribution >= 0.6 is 15.9 Å². The van der Waals surface area contributed by atoms with E-state index in [2.05, 4.69) is 31.0 Å². The molecular weight excluding hydrogens is 236 g/mol. The molecule has 0 bridgehead atoms. The van der Waals surface area contributed by atoms with E-state index in [0.29, 0.717) is 22.6 Å². The second-order valence-corrected chi connectivity index (χ2v) is 3.24. The van der Waals surface area contributed by atoms with E-state index < -0.39 is 0 Å². The number of nitrogens with zero attached hydrogens (tertiary/aromatic N) is 3. The highest BCUT2D eigenvalue weighted by molar-refractivity contribution is 9.08. The predicted molar refractivity (Wildman–Crippen MR) is 51.0 cm³/mol. The molecule has 0 aliphatic rings. The summed E-state index contributed by atoms with van der Waals surface area (Å²) in [6, 6.07) is 1.46. The van der Waals surface area contributed by atoms with Crippen LogP contribution in [0.2, 0.25) is 0 Å². The van der Waals surface area contributed by atoms with E-state index in [1.165, 1.54) is 10.6 Å². The van der Waals surface area contributed by atoms with E-state index in [9.17, 15) is 4.79 Å². The molecule has 0 radical (unpaired) electrons. The van der Waals surface area contributed by atoms with Crippen LogP contribution in [0.25, 0.3) is 5.78 Å². The fourth-order valence-electron chi connectivity index (χ4n) is 1.10. The fourth-order valence-corrected chi connectivity index (χ4v) is 1.35. The van der Waals surface area contributed by atoms with Crippen molar-refractivity contribution in [2.75, 3.05) is 0 Å². The zero-order chi connectivity index (χ0) is 9.42. The van der Waals surface area contributed by atoms with Crippen LogP contribution in [0, 0.1) is 6.92 Å². The number of halogens is 1. The summed E-state index contributed by atoms with van der Waals surface area (Å²) < 4.78 is 1.32. The lowest BCUT2D eigenvalue weighted by Crippen LogP contribution is -2.14. The second kappa shape index (κ2) is 2.95. The van der Waals surface area contributed by atoms with Crippen LogP contribution < -0.4 is 5.56 Å². The minimum absolute atomic E-state index is 0.137. The first-order valence-corrected chi connectivity index (χ1v) is 4.84. The van der Waals surface area contributed by atoms with E-state index in [0.717, 1.165) is 0 Å². The molecule has 0 unspecified atom stereocenters. The van der Waals surface area contributed by atoms with Gasteiger partial charge >= 0.3 is 0 Å². The maximum atomic E-state index is 11.4. The maximum Gasteiger partial charge on any atom is 0.274 e. The summed E-state index contributed by atoms with van der Waals surface area (Å²) in [5.74, 6) is 1.11. The van der Waals surface area contributed by atoms with Crippen molar-refractivity contribution in [3.8, 4) is 0 Å². The number of aromatic nitrogens is 4. The number of nitrogens with one attached hydrogen (secondary N) is 1. The van der Waals surface area contributed by atoms with Crippen LogP contribution in [0.4, 0.5) is 0 Å². The smallest absolute Gasteiger partial charge is 0.274 e. The Morgan fingerprint density at radius 3 is 3.08 bits per heavy atom. The monoisotopic (exact) mass is 242 g/mol. The van der Waals surface area contributed by atoms with Gasteiger partial charge in [0.15, 0.2) is 0 Å². The van der Waals surface area contributed by atoms with E-state index in [1.54, 1.807) is 6.92 Å². The Bertz CT molecular complexity index is 501. The molecule has 0 atom stereocenters. The van der Waals surface area contributed by atoms with Crippen LogP contribution in [0.3, 0.4) is 0 Å². The van der Waals surface area contributed by atoms with Crippen molar-refractivity contribution in [2.24, 2.45) is 0 Å². The highest BCUT2D eigenvalue weighted by Gasteiger charge is 2.04. The second-order valence-electron chi connectivity index (χ2n) is 2.68. The molecule has 0 saturated carbocycles. The number of rotatable bonds is 1. The third kappa shape index (κ3) is 1.37. The number of hydrogen-bond donors (Lipinski definition) is 1. The molecular formula is C7H7BrN4O. The molecule has 2 aromatic rings. The lowest BCUT2D eigenvalue weighted by Gasteiger charge is -1.90. The number of aromatic amines is 1. The average Bonchev–Trinajstić information content (AvgIpc) is 2.47. The Hall–Kier alpha value is -1.17. The highest BCUT2D eigenvalue weighted by Crippen LogP contribution is 2.00. The molecule has 2 aromatic heterocycles. The van der Waals surface area contributed by atoms with Gasteiger partial charge in [-0.15, -0.1) is 0 Å². The van der Waals surface area contributed by atoms with Crippen LogP contribution in [0.1, 0.15) is 11.5 Å². The van der Waals surface area contributed by atoms with Gasteiger partial charge in [-0.05, 0) is 6.92 Å². The Morgan fingerprint density at radius 1 is 1.62 bits per heavy atom. The lowest BCUT2D eigenvalue weighted by atomic mass is 10.5. The van der Waals surface area contributed by atoms with Crippen molar-refractivity contribution in [3.05, 3.63) is 27.9 Å². The summed E-state index contributed by atoms with van der Waals surface area (Å²) in [6.45, 7) is 1.77. The first kappa shape index (κ1) is 8.43. The topological polar surface area (TPSA) is 63.0 Å². The van der Waals surface area contributed by atoms with Crippen molar-refractivity contribution in [1.29, 1.82) is 0 Å². The molecule has 2 rings (SSSR count). The molecule has 1 N–H and O–H groups in total. The van der Waals surface area contributed by atoms with E-state index in [1.807, 2.05) is 0 Å². The molecule has 0 aliphatic carbocycles. The third-order valence-electron chi connectivity index (χ3n) is 1.63. The Kier molecular flexibility index (Phi) is 1.91. The Morgan fingerprint density at radius 2 is 2.38 bits per heavy atom. The molecule has 0 saturated heterocycles. The number of H-pyrrole nitrogens is 1. The zero-order valence-corrected chi connectivity index (χ0v) is 8.50. The minimum Gasteiger partial charge on any atom is -0.274 e. The lowest BCUT2D eigenvalue weighted by molar-refractivity contribution is 0.871. The summed E-state index contributed by atoms with van der Waals surface area (Å²) in [5.41, 5.74) is 0.542. The van der Waals surface area contributed by atoms with Gasteiger partial charge in [-0.2, -0.15) is 9.50 Å². The van der Waals surface area contributed by atoms with Crippen molar-refractivity contribution in [2.45, 2.75) is 12.3 Å². The van der Waals surface area contributed by atoms with Crippen LogP contribution in [-0.2, 0) is 5.33 Å². The summed E-state index contributed by atoms with van der Waals surface area (Å²) in [4.78, 5) is 19.6. The van der Waals surface area contributed by atoms with Crippen molar-refractivity contribution in [1.82, 2.24) is 19.6 Å². The van der Waals surface area contributed by atoms with E-state index >= 15 is 0 Å². The van der Waals surface area contributed by atoms with Crippen molar-refractivity contribution >= 4 is 21.7 Å². The molecule has 2 heterocycles. The summed E-state index contributed by atoms with van der Waals surface area (Å²) in [7, 11) is 0. The van der Waals surface area contributed by atoms with Gasteiger partial charge in [-0.25, -0.2) is 4.98 Å². The highest BCUT2D eigenvalue weighted by atomic mass is 79.9. The van der Waals surface area contributed by atoms with Gasteiger partial charge < -0.3 is 0 Å². The van der Waals surface area contributed by atoms with Crippen LogP contribution in [-0.4, -0.2) is 19.6 Å². The predicted octanol–water partition coefficient (Wildman–Crippen LogP) is 0.621. The minimum atomic E-state index is -0.137. The molecule has 0 fully saturated rings. The van der Waals surface area contributed by atoms with Gasteiger partial charge in [-0.1, -0.05) is 15.9 Å². The standard InChI is InChI=1S/C7H7BrN4O/c1-4-2-6(13)12-7(9-4)10-5(3-8)11-12/h2H,3H2,1H3,(H,9,10,11). The number of alkyl halides is 1. The molecule has 68 valence electrons. The van der Waals surface area contributed by atoms with Crippen molar-refractivity contribution in [3.63, 3.8) is 0 Å². The SMILES string of the molecule is Cc1cc(=O)n2[nH]c(CBr)nc2n1. The van der Waals surface area contributed by atoms with E-state index in [-0.39, 0.29) is 5.56 Å². The van der Waals surface area contributed by atoms with Crippen LogP contribution in [0.5, 0.6) is 0 Å². The molecule has 0 aliphatic heterocycles. The molecule has 0 aromatic carbocycles. The summed E-state index contributed by atoms with van der Waals surface area (Å²) >= 11 is 3.24. The Balaban J connectivity index is 2.83. The quantitative estimate of drug-likeness (QED) is 0.747. The van der Waals surface area contributed by atoms with Gasteiger partial charge in [0.2, 0.25) is 0 Å². The van der Waals surface area contributed by atoms with E-state index in [4.69, 9.17) is 0 Å². The molecule has 13 heavy (non-hydrogen) atoms. The van der Waals surface area contributed by atoms with Gasteiger partial charge in [0.1, 0.15) is 5.82 Å². The maximum absolute atomic E-state index is 11.4. The number of fused-ring (bicyclic) bond motifs is 1. The van der Waals surface area contributed by atoms with Gasteiger partial charge in [0.05, 0.1) is 5.33 Å². The van der Waals surface area contributed by atoms with Gasteiger partial charge in [0, 0.05) is 11.8 Å². The number of hydrogen-bond acceptors (Lipinski definition) is 3. The summed E-state index contributed by atoms with van der Waals surface area (Å²) in [6.07, 6.45) is 0. The number of aryl methyl sites for hydroxylation is 1. The third-order valence-corrected chi connectivity index (χ3v) is 2.16. The summed E-state index contributed by atoms with van der Waals surface area (Å²) in [5, 5.41) is 3.40. The Labute approximate surface area is 81.9 Å². The molecule has 0 amide bonds. The van der Waals surface area contributed by atoms with Crippen molar-refractivity contribution < 1.29 is 0 Å². The first-order chi connectivity index (χ1) is 6.20.